The van der Waals surface area contributed by atoms with Crippen molar-refractivity contribution >= 4 is 5.90 Å². The fraction of sp³-hybridized carbons (Fsp3) is 0.833. The lowest BCUT2D eigenvalue weighted by Gasteiger charge is -2.24. The number of rotatable bonds is 1. The van der Waals surface area contributed by atoms with Gasteiger partial charge in [0, 0.05) is 5.92 Å². The van der Waals surface area contributed by atoms with Gasteiger partial charge in [-0.3, -0.25) is 5.41 Å². The zero-order chi connectivity index (χ0) is 5.98. The van der Waals surface area contributed by atoms with Crippen LogP contribution in [-0.4, -0.2) is 13.0 Å². The predicted molar refractivity (Wildman–Crippen MR) is 32.1 cm³/mol. The SMILES string of the molecule is COC(=N)C1CCC1. The van der Waals surface area contributed by atoms with E-state index in [-0.39, 0.29) is 0 Å². The van der Waals surface area contributed by atoms with Crippen LogP contribution in [0.1, 0.15) is 19.3 Å². The Morgan fingerprint density at radius 2 is 2.25 bits per heavy atom. The highest BCUT2D eigenvalue weighted by molar-refractivity contribution is 5.75. The van der Waals surface area contributed by atoms with E-state index in [0.717, 1.165) is 12.8 Å². The maximum atomic E-state index is 7.17. The van der Waals surface area contributed by atoms with Crippen LogP contribution in [0.25, 0.3) is 0 Å². The largest absolute Gasteiger partial charge is 0.484 e. The van der Waals surface area contributed by atoms with Crippen molar-refractivity contribution in [3.05, 3.63) is 0 Å². The highest BCUT2D eigenvalue weighted by Crippen LogP contribution is 2.27. The summed E-state index contributed by atoms with van der Waals surface area (Å²) in [6.45, 7) is 0. The summed E-state index contributed by atoms with van der Waals surface area (Å²) in [6.07, 6.45) is 3.59. The zero-order valence-corrected chi connectivity index (χ0v) is 5.11. The lowest BCUT2D eigenvalue weighted by Crippen LogP contribution is -2.22. The predicted octanol–water partition coefficient (Wildman–Crippen LogP) is 1.41. The molecule has 0 atom stereocenters. The molecule has 1 aliphatic rings. The van der Waals surface area contributed by atoms with Gasteiger partial charge < -0.3 is 4.74 Å². The summed E-state index contributed by atoms with van der Waals surface area (Å²) in [7, 11) is 1.57. The number of hydrogen-bond donors (Lipinski definition) is 1. The number of nitrogens with one attached hydrogen (secondary N) is 1. The number of ether oxygens (including phenoxy) is 1. The van der Waals surface area contributed by atoms with Crippen molar-refractivity contribution in [2.45, 2.75) is 19.3 Å². The minimum absolute atomic E-state index is 0.458. The molecule has 0 amide bonds. The molecule has 0 heterocycles. The van der Waals surface area contributed by atoms with Crippen LogP contribution in [0.3, 0.4) is 0 Å². The second-order valence-corrected chi connectivity index (χ2v) is 2.20. The second-order valence-electron chi connectivity index (χ2n) is 2.20. The normalized spacial score (nSPS) is 19.6. The zero-order valence-electron chi connectivity index (χ0n) is 5.11. The van der Waals surface area contributed by atoms with E-state index in [4.69, 9.17) is 10.1 Å². The third-order valence-corrected chi connectivity index (χ3v) is 1.70. The molecule has 0 radical (unpaired) electrons. The first kappa shape index (κ1) is 5.60. The topological polar surface area (TPSA) is 33.1 Å². The summed E-state index contributed by atoms with van der Waals surface area (Å²) in [4.78, 5) is 0. The summed E-state index contributed by atoms with van der Waals surface area (Å²) in [6, 6.07) is 0. The first-order valence-electron chi connectivity index (χ1n) is 2.97. The van der Waals surface area contributed by atoms with Gasteiger partial charge in [-0.05, 0) is 12.8 Å². The fourth-order valence-electron chi connectivity index (χ4n) is 0.837. The summed E-state index contributed by atoms with van der Waals surface area (Å²) in [5.41, 5.74) is 0. The van der Waals surface area contributed by atoms with E-state index in [1.165, 1.54) is 6.42 Å². The van der Waals surface area contributed by atoms with Crippen molar-refractivity contribution in [3.8, 4) is 0 Å². The van der Waals surface area contributed by atoms with Gasteiger partial charge in [-0.25, -0.2) is 0 Å². The standard InChI is InChI=1S/C6H11NO/c1-8-6(7)5-3-2-4-5/h5,7H,2-4H2,1H3. The minimum Gasteiger partial charge on any atom is -0.484 e. The van der Waals surface area contributed by atoms with Crippen LogP contribution in [0.2, 0.25) is 0 Å². The Labute approximate surface area is 49.4 Å². The molecule has 8 heavy (non-hydrogen) atoms. The smallest absolute Gasteiger partial charge is 0.183 e. The van der Waals surface area contributed by atoms with E-state index in [1.54, 1.807) is 7.11 Å². The molecule has 0 unspecified atom stereocenters. The molecule has 1 fully saturated rings. The average Bonchev–Trinajstić information content (AvgIpc) is 1.62. The average molecular weight is 113 g/mol. The Bertz CT molecular complexity index is 96.7. The van der Waals surface area contributed by atoms with E-state index in [1.807, 2.05) is 0 Å². The molecule has 0 spiro atoms. The Morgan fingerprint density at radius 3 is 2.38 bits per heavy atom. The maximum Gasteiger partial charge on any atom is 0.183 e. The van der Waals surface area contributed by atoms with E-state index < -0.39 is 0 Å². The molecule has 0 saturated heterocycles. The van der Waals surface area contributed by atoms with Gasteiger partial charge in [0.05, 0.1) is 7.11 Å². The van der Waals surface area contributed by atoms with E-state index in [0.29, 0.717) is 11.8 Å². The van der Waals surface area contributed by atoms with E-state index in [9.17, 15) is 0 Å². The van der Waals surface area contributed by atoms with Gasteiger partial charge in [-0.15, -0.1) is 0 Å². The van der Waals surface area contributed by atoms with Crippen LogP contribution in [-0.2, 0) is 4.74 Å². The van der Waals surface area contributed by atoms with E-state index in [2.05, 4.69) is 0 Å². The number of hydrogen-bond acceptors (Lipinski definition) is 2. The molecule has 1 aliphatic carbocycles. The summed E-state index contributed by atoms with van der Waals surface area (Å²) >= 11 is 0. The molecule has 0 aromatic rings. The molecule has 1 saturated carbocycles. The summed E-state index contributed by atoms with van der Waals surface area (Å²) < 4.78 is 4.74. The van der Waals surface area contributed by atoms with Crippen molar-refractivity contribution in [1.29, 1.82) is 5.41 Å². The highest BCUT2D eigenvalue weighted by atomic mass is 16.5. The lowest BCUT2D eigenvalue weighted by molar-refractivity contribution is 0.302. The maximum absolute atomic E-state index is 7.17. The molecule has 1 N–H and O–H groups in total. The monoisotopic (exact) mass is 113 g/mol. The third-order valence-electron chi connectivity index (χ3n) is 1.70. The van der Waals surface area contributed by atoms with Crippen LogP contribution < -0.4 is 0 Å². The van der Waals surface area contributed by atoms with Crippen molar-refractivity contribution in [2.24, 2.45) is 5.92 Å². The van der Waals surface area contributed by atoms with E-state index >= 15 is 0 Å². The lowest BCUT2D eigenvalue weighted by atomic mass is 9.85. The molecular formula is C6H11NO. The van der Waals surface area contributed by atoms with Crippen LogP contribution in [0.5, 0.6) is 0 Å². The van der Waals surface area contributed by atoms with Crippen molar-refractivity contribution < 1.29 is 4.74 Å². The fourth-order valence-corrected chi connectivity index (χ4v) is 0.837. The summed E-state index contributed by atoms with van der Waals surface area (Å²) in [5.74, 6) is 0.927. The molecule has 2 nitrogen and oxygen atoms in total. The first-order valence-corrected chi connectivity index (χ1v) is 2.97. The first-order chi connectivity index (χ1) is 3.84. The van der Waals surface area contributed by atoms with Gasteiger partial charge >= 0.3 is 0 Å². The van der Waals surface area contributed by atoms with Gasteiger partial charge in [0.25, 0.3) is 0 Å². The molecule has 0 aliphatic heterocycles. The van der Waals surface area contributed by atoms with Crippen LogP contribution in [0.4, 0.5) is 0 Å². The Kier molecular flexibility index (Phi) is 1.51. The quantitative estimate of drug-likeness (QED) is 0.404. The Balaban J connectivity index is 2.24. The van der Waals surface area contributed by atoms with Gasteiger partial charge in [-0.2, -0.15) is 0 Å². The molecule has 0 aromatic carbocycles. The van der Waals surface area contributed by atoms with Crippen molar-refractivity contribution in [2.75, 3.05) is 7.11 Å². The molecular weight excluding hydrogens is 102 g/mol. The van der Waals surface area contributed by atoms with Crippen LogP contribution >= 0.6 is 0 Å². The van der Waals surface area contributed by atoms with Crippen LogP contribution in [0, 0.1) is 11.3 Å². The Hall–Kier alpha value is -0.530. The third kappa shape index (κ3) is 0.831. The molecule has 1 rings (SSSR count). The van der Waals surface area contributed by atoms with Crippen LogP contribution in [0.15, 0.2) is 0 Å². The molecule has 46 valence electrons. The van der Waals surface area contributed by atoms with Gasteiger partial charge in [0.1, 0.15) is 0 Å². The highest BCUT2D eigenvalue weighted by Gasteiger charge is 2.22. The number of methoxy groups -OCH3 is 1. The Morgan fingerprint density at radius 1 is 1.62 bits per heavy atom. The van der Waals surface area contributed by atoms with Crippen molar-refractivity contribution in [3.63, 3.8) is 0 Å². The summed E-state index contributed by atoms with van der Waals surface area (Å²) in [5, 5.41) is 7.17. The minimum atomic E-state index is 0.458. The molecule has 0 aromatic heterocycles. The van der Waals surface area contributed by atoms with Gasteiger partial charge in [0.2, 0.25) is 0 Å². The molecule has 2 heteroatoms. The second kappa shape index (κ2) is 2.16. The van der Waals surface area contributed by atoms with Gasteiger partial charge in [0.15, 0.2) is 5.90 Å². The van der Waals surface area contributed by atoms with Crippen molar-refractivity contribution in [1.82, 2.24) is 0 Å². The van der Waals surface area contributed by atoms with Gasteiger partial charge in [-0.1, -0.05) is 6.42 Å². The molecule has 0 bridgehead atoms.